The van der Waals surface area contributed by atoms with Gasteiger partial charge in [-0.25, -0.2) is 0 Å². The van der Waals surface area contributed by atoms with Crippen LogP contribution in [0, 0.1) is 6.92 Å². The molecule has 0 saturated heterocycles. The predicted octanol–water partition coefficient (Wildman–Crippen LogP) is 3.25. The summed E-state index contributed by atoms with van der Waals surface area (Å²) >= 11 is 3.46. The number of aryl methyl sites for hydroxylation is 1. The monoisotopic (exact) mass is 305 g/mol. The third-order valence-electron chi connectivity index (χ3n) is 2.74. The quantitative estimate of drug-likeness (QED) is 0.942. The van der Waals surface area contributed by atoms with Crippen molar-refractivity contribution in [3.63, 3.8) is 0 Å². The maximum atomic E-state index is 4.36. The molecule has 0 amide bonds. The predicted molar refractivity (Wildman–Crippen MR) is 76.4 cm³/mol. The van der Waals surface area contributed by atoms with Crippen molar-refractivity contribution in [2.75, 3.05) is 6.54 Å². The van der Waals surface area contributed by atoms with Crippen molar-refractivity contribution in [1.82, 2.24) is 15.3 Å². The Labute approximate surface area is 116 Å². The molecule has 0 spiro atoms. The Morgan fingerprint density at radius 3 is 2.67 bits per heavy atom. The van der Waals surface area contributed by atoms with Gasteiger partial charge < -0.3 is 5.32 Å². The number of rotatable bonds is 4. The Hall–Kier alpha value is -1.26. The zero-order chi connectivity index (χ0) is 13.0. The number of halogens is 1. The third-order valence-corrected chi connectivity index (χ3v) is 3.17. The summed E-state index contributed by atoms with van der Waals surface area (Å²) in [5, 5.41) is 3.46. The van der Waals surface area contributed by atoms with Crippen molar-refractivity contribution in [1.29, 1.82) is 0 Å². The topological polar surface area (TPSA) is 37.8 Å². The van der Waals surface area contributed by atoms with Crippen LogP contribution in [-0.2, 0) is 0 Å². The average Bonchev–Trinajstić information content (AvgIpc) is 2.37. The van der Waals surface area contributed by atoms with Crippen molar-refractivity contribution in [2.45, 2.75) is 19.9 Å². The van der Waals surface area contributed by atoms with E-state index in [1.165, 1.54) is 0 Å². The van der Waals surface area contributed by atoms with E-state index in [0.717, 1.165) is 27.8 Å². The van der Waals surface area contributed by atoms with Crippen LogP contribution in [-0.4, -0.2) is 16.5 Å². The normalized spacial score (nSPS) is 12.4. The molecule has 0 aliphatic rings. The zero-order valence-corrected chi connectivity index (χ0v) is 12.1. The van der Waals surface area contributed by atoms with Crippen LogP contribution in [0.2, 0.25) is 0 Å². The fraction of sp³-hybridized carbons (Fsp3) is 0.286. The molecule has 2 aromatic heterocycles. The SMILES string of the molecule is CCNC(c1ccc(C)nc1)c1cncc(Br)c1. The fourth-order valence-corrected chi connectivity index (χ4v) is 2.25. The van der Waals surface area contributed by atoms with Crippen molar-refractivity contribution in [3.8, 4) is 0 Å². The Bertz CT molecular complexity index is 511. The summed E-state index contributed by atoms with van der Waals surface area (Å²) in [4.78, 5) is 8.58. The lowest BCUT2D eigenvalue weighted by Crippen LogP contribution is -2.22. The number of nitrogens with one attached hydrogen (secondary N) is 1. The molecule has 1 N–H and O–H groups in total. The molecule has 2 rings (SSSR count). The van der Waals surface area contributed by atoms with Gasteiger partial charge in [-0.15, -0.1) is 0 Å². The first-order valence-corrected chi connectivity index (χ1v) is 6.76. The highest BCUT2D eigenvalue weighted by Crippen LogP contribution is 2.23. The smallest absolute Gasteiger partial charge is 0.0607 e. The second kappa shape index (κ2) is 6.07. The average molecular weight is 306 g/mol. The first-order chi connectivity index (χ1) is 8.70. The van der Waals surface area contributed by atoms with Gasteiger partial charge in [-0.1, -0.05) is 13.0 Å². The molecule has 94 valence electrons. The van der Waals surface area contributed by atoms with E-state index in [4.69, 9.17) is 0 Å². The third kappa shape index (κ3) is 3.15. The van der Waals surface area contributed by atoms with Crippen LogP contribution in [0.25, 0.3) is 0 Å². The maximum Gasteiger partial charge on any atom is 0.0607 e. The van der Waals surface area contributed by atoms with E-state index in [1.54, 1.807) is 6.20 Å². The summed E-state index contributed by atoms with van der Waals surface area (Å²) in [6, 6.07) is 6.36. The number of aromatic nitrogens is 2. The van der Waals surface area contributed by atoms with Gasteiger partial charge in [0, 0.05) is 28.8 Å². The number of hydrogen-bond donors (Lipinski definition) is 1. The van der Waals surface area contributed by atoms with Gasteiger partial charge >= 0.3 is 0 Å². The van der Waals surface area contributed by atoms with Gasteiger partial charge in [0.1, 0.15) is 0 Å². The second-order valence-corrected chi connectivity index (χ2v) is 5.08. The maximum absolute atomic E-state index is 4.36. The van der Waals surface area contributed by atoms with Crippen LogP contribution in [0.1, 0.15) is 29.8 Å². The van der Waals surface area contributed by atoms with Gasteiger partial charge in [0.25, 0.3) is 0 Å². The van der Waals surface area contributed by atoms with E-state index in [-0.39, 0.29) is 6.04 Å². The highest BCUT2D eigenvalue weighted by molar-refractivity contribution is 9.10. The van der Waals surface area contributed by atoms with Crippen LogP contribution in [0.3, 0.4) is 0 Å². The Morgan fingerprint density at radius 1 is 1.22 bits per heavy atom. The summed E-state index contributed by atoms with van der Waals surface area (Å²) in [5.74, 6) is 0. The van der Waals surface area contributed by atoms with Gasteiger partial charge in [0.05, 0.1) is 6.04 Å². The molecule has 2 heterocycles. The van der Waals surface area contributed by atoms with Gasteiger partial charge in [-0.3, -0.25) is 9.97 Å². The number of pyridine rings is 2. The van der Waals surface area contributed by atoms with Crippen LogP contribution >= 0.6 is 15.9 Å². The molecule has 0 aliphatic heterocycles. The van der Waals surface area contributed by atoms with Gasteiger partial charge in [0.2, 0.25) is 0 Å². The van der Waals surface area contributed by atoms with E-state index >= 15 is 0 Å². The largest absolute Gasteiger partial charge is 0.306 e. The molecule has 0 saturated carbocycles. The molecule has 0 radical (unpaired) electrons. The summed E-state index contributed by atoms with van der Waals surface area (Å²) in [7, 11) is 0. The lowest BCUT2D eigenvalue weighted by Gasteiger charge is -2.18. The molecule has 0 bridgehead atoms. The van der Waals surface area contributed by atoms with Crippen molar-refractivity contribution >= 4 is 15.9 Å². The highest BCUT2D eigenvalue weighted by atomic mass is 79.9. The minimum atomic E-state index is 0.133. The van der Waals surface area contributed by atoms with Gasteiger partial charge in [-0.2, -0.15) is 0 Å². The molecule has 18 heavy (non-hydrogen) atoms. The van der Waals surface area contributed by atoms with Crippen LogP contribution in [0.4, 0.5) is 0 Å². The van der Waals surface area contributed by atoms with Crippen LogP contribution in [0.5, 0.6) is 0 Å². The Balaban J connectivity index is 2.36. The summed E-state index contributed by atoms with van der Waals surface area (Å²) in [5.41, 5.74) is 3.32. The lowest BCUT2D eigenvalue weighted by atomic mass is 10.0. The molecule has 1 unspecified atom stereocenters. The first kappa shape index (κ1) is 13.2. The van der Waals surface area contributed by atoms with E-state index in [1.807, 2.05) is 25.4 Å². The van der Waals surface area contributed by atoms with Crippen molar-refractivity contribution in [3.05, 3.63) is 58.1 Å². The second-order valence-electron chi connectivity index (χ2n) is 4.16. The van der Waals surface area contributed by atoms with Gasteiger partial charge in [-0.05, 0) is 52.7 Å². The molecule has 1 atom stereocenters. The first-order valence-electron chi connectivity index (χ1n) is 5.97. The minimum Gasteiger partial charge on any atom is -0.306 e. The van der Waals surface area contributed by atoms with E-state index in [2.05, 4.69) is 50.3 Å². The minimum absolute atomic E-state index is 0.133. The summed E-state index contributed by atoms with van der Waals surface area (Å²) in [6.45, 7) is 4.98. The lowest BCUT2D eigenvalue weighted by molar-refractivity contribution is 0.626. The molecular weight excluding hydrogens is 290 g/mol. The molecule has 0 aliphatic carbocycles. The number of nitrogens with zero attached hydrogens (tertiary/aromatic N) is 2. The number of hydrogen-bond acceptors (Lipinski definition) is 3. The molecular formula is C14H16BrN3. The fourth-order valence-electron chi connectivity index (χ4n) is 1.87. The van der Waals surface area contributed by atoms with Crippen molar-refractivity contribution in [2.24, 2.45) is 0 Å². The van der Waals surface area contributed by atoms with E-state index in [9.17, 15) is 0 Å². The van der Waals surface area contributed by atoms with Gasteiger partial charge in [0.15, 0.2) is 0 Å². The van der Waals surface area contributed by atoms with Crippen LogP contribution < -0.4 is 5.32 Å². The molecule has 4 heteroatoms. The Morgan fingerprint density at radius 2 is 2.06 bits per heavy atom. The Kier molecular flexibility index (Phi) is 4.44. The molecule has 0 fully saturated rings. The van der Waals surface area contributed by atoms with E-state index in [0.29, 0.717) is 0 Å². The standard InChI is InChI=1S/C14H16BrN3/c1-3-17-14(11-5-4-10(2)18-8-11)12-6-13(15)9-16-7-12/h4-9,14,17H,3H2,1-2H3. The molecule has 2 aromatic rings. The molecule has 0 aromatic carbocycles. The summed E-state index contributed by atoms with van der Waals surface area (Å²) in [6.07, 6.45) is 5.60. The van der Waals surface area contributed by atoms with Crippen molar-refractivity contribution < 1.29 is 0 Å². The zero-order valence-electron chi connectivity index (χ0n) is 10.5. The highest BCUT2D eigenvalue weighted by Gasteiger charge is 2.13. The van der Waals surface area contributed by atoms with Crippen LogP contribution in [0.15, 0.2) is 41.3 Å². The summed E-state index contributed by atoms with van der Waals surface area (Å²) < 4.78 is 0.989. The molecule has 3 nitrogen and oxygen atoms in total. The van der Waals surface area contributed by atoms with E-state index < -0.39 is 0 Å².